The number of nitrogens with one attached hydrogen (secondary N) is 1. The number of carbonyl (C=O) groups is 4. The number of amides is 4. The smallest absolute Gasteiger partial charge is 0.331 e. The van der Waals surface area contributed by atoms with Crippen LogP contribution in [-0.2, 0) is 9.59 Å². The van der Waals surface area contributed by atoms with Gasteiger partial charge in [-0.25, -0.2) is 4.79 Å². The fraction of sp³-hybridized carbons (Fsp3) is 0.238. The Kier molecular flexibility index (Phi) is 4.75. The Morgan fingerprint density at radius 3 is 2.55 bits per heavy atom. The minimum absolute atomic E-state index is 0.0365. The van der Waals surface area contributed by atoms with Gasteiger partial charge >= 0.3 is 6.03 Å². The second-order valence-electron chi connectivity index (χ2n) is 6.97. The van der Waals surface area contributed by atoms with Crippen LogP contribution in [0.4, 0.5) is 4.79 Å². The van der Waals surface area contributed by atoms with Crippen molar-refractivity contribution in [3.8, 4) is 11.3 Å². The SMILES string of the molecule is O=C1NC(=O)N(C2CCCC2)C(=O)/C1=C/c1ccc(-c2ccccc2C(=O)[O-])o1. The molecule has 0 unspecified atom stereocenters. The quantitative estimate of drug-likeness (QED) is 0.624. The minimum Gasteiger partial charge on any atom is -0.545 e. The fourth-order valence-corrected chi connectivity index (χ4v) is 3.76. The lowest BCUT2D eigenvalue weighted by molar-refractivity contribution is -0.255. The Morgan fingerprint density at radius 2 is 1.83 bits per heavy atom. The van der Waals surface area contributed by atoms with Gasteiger partial charge in [0.15, 0.2) is 0 Å². The van der Waals surface area contributed by atoms with E-state index in [4.69, 9.17) is 4.42 Å². The van der Waals surface area contributed by atoms with Gasteiger partial charge in [-0.1, -0.05) is 37.1 Å². The van der Waals surface area contributed by atoms with Crippen LogP contribution < -0.4 is 10.4 Å². The highest BCUT2D eigenvalue weighted by Gasteiger charge is 2.40. The molecule has 1 saturated carbocycles. The van der Waals surface area contributed by atoms with Crippen molar-refractivity contribution in [2.75, 3.05) is 0 Å². The number of urea groups is 1. The van der Waals surface area contributed by atoms with Crippen molar-refractivity contribution in [1.82, 2.24) is 10.2 Å². The Labute approximate surface area is 165 Å². The summed E-state index contributed by atoms with van der Waals surface area (Å²) in [6, 6.07) is 8.33. The van der Waals surface area contributed by atoms with Gasteiger partial charge in [0, 0.05) is 17.2 Å². The molecule has 2 heterocycles. The summed E-state index contributed by atoms with van der Waals surface area (Å²) >= 11 is 0. The first-order valence-electron chi connectivity index (χ1n) is 9.27. The number of carboxylic acids is 1. The molecule has 8 nitrogen and oxygen atoms in total. The number of rotatable bonds is 4. The molecule has 2 aromatic rings. The van der Waals surface area contributed by atoms with Crippen LogP contribution in [-0.4, -0.2) is 34.8 Å². The Morgan fingerprint density at radius 1 is 1.10 bits per heavy atom. The second kappa shape index (κ2) is 7.38. The van der Waals surface area contributed by atoms with Crippen LogP contribution in [0.15, 0.2) is 46.4 Å². The molecular formula is C21H17N2O6-. The summed E-state index contributed by atoms with van der Waals surface area (Å²) in [5.41, 5.74) is 0.0791. The Hall–Kier alpha value is -3.68. The summed E-state index contributed by atoms with van der Waals surface area (Å²) in [5.74, 6) is -2.35. The van der Waals surface area contributed by atoms with E-state index < -0.39 is 23.8 Å². The Balaban J connectivity index is 1.66. The number of imide groups is 2. The van der Waals surface area contributed by atoms with Crippen LogP contribution in [0.3, 0.4) is 0 Å². The van der Waals surface area contributed by atoms with Crippen molar-refractivity contribution < 1.29 is 28.7 Å². The van der Waals surface area contributed by atoms with E-state index >= 15 is 0 Å². The van der Waals surface area contributed by atoms with Crippen LogP contribution in [0.25, 0.3) is 17.4 Å². The van der Waals surface area contributed by atoms with Gasteiger partial charge in [0.1, 0.15) is 17.1 Å². The topological polar surface area (TPSA) is 120 Å². The first-order valence-corrected chi connectivity index (χ1v) is 9.27. The van der Waals surface area contributed by atoms with Crippen LogP contribution in [0, 0.1) is 0 Å². The first kappa shape index (κ1) is 18.7. The predicted molar refractivity (Wildman–Crippen MR) is 99.1 cm³/mol. The maximum atomic E-state index is 12.8. The van der Waals surface area contributed by atoms with Crippen LogP contribution in [0.5, 0.6) is 0 Å². The van der Waals surface area contributed by atoms with E-state index in [1.165, 1.54) is 18.2 Å². The van der Waals surface area contributed by atoms with Gasteiger partial charge in [0.2, 0.25) is 0 Å². The van der Waals surface area contributed by atoms with Crippen molar-refractivity contribution in [2.24, 2.45) is 0 Å². The molecule has 29 heavy (non-hydrogen) atoms. The van der Waals surface area contributed by atoms with Crippen LogP contribution in [0.1, 0.15) is 41.8 Å². The monoisotopic (exact) mass is 393 g/mol. The van der Waals surface area contributed by atoms with Crippen molar-refractivity contribution in [3.63, 3.8) is 0 Å². The summed E-state index contributed by atoms with van der Waals surface area (Å²) in [7, 11) is 0. The summed E-state index contributed by atoms with van der Waals surface area (Å²) in [5, 5.41) is 13.5. The molecule has 1 aromatic heterocycles. The van der Waals surface area contributed by atoms with Gasteiger partial charge < -0.3 is 14.3 Å². The summed E-state index contributed by atoms with van der Waals surface area (Å²) in [4.78, 5) is 49.6. The number of benzene rings is 1. The molecule has 1 aliphatic carbocycles. The van der Waals surface area contributed by atoms with Gasteiger partial charge in [0.25, 0.3) is 11.8 Å². The highest BCUT2D eigenvalue weighted by atomic mass is 16.4. The molecule has 2 fully saturated rings. The number of barbiturate groups is 1. The van der Waals surface area contributed by atoms with E-state index in [-0.39, 0.29) is 28.7 Å². The number of hydrogen-bond donors (Lipinski definition) is 1. The Bertz CT molecular complexity index is 1040. The highest BCUT2D eigenvalue weighted by molar-refractivity contribution is 6.31. The van der Waals surface area contributed by atoms with Crippen molar-refractivity contribution in [1.29, 1.82) is 0 Å². The molecule has 4 rings (SSSR count). The maximum Gasteiger partial charge on any atom is 0.331 e. The third kappa shape index (κ3) is 3.44. The molecular weight excluding hydrogens is 376 g/mol. The standard InChI is InChI=1S/C21H18N2O6/c24-18-16(19(25)23(21(28)22-18)12-5-1-2-6-12)11-13-9-10-17(29-13)14-7-3-4-8-15(14)20(26)27/h3-4,7-12H,1-2,5-6H2,(H,26,27)(H,22,24,28)/p-1/b16-11+. The minimum atomic E-state index is -1.34. The van der Waals surface area contributed by atoms with Crippen LogP contribution >= 0.6 is 0 Å². The second-order valence-corrected chi connectivity index (χ2v) is 6.97. The molecule has 8 heteroatoms. The zero-order valence-corrected chi connectivity index (χ0v) is 15.3. The molecule has 0 atom stereocenters. The van der Waals surface area contributed by atoms with E-state index in [1.807, 2.05) is 0 Å². The molecule has 2 aliphatic rings. The van der Waals surface area contributed by atoms with Gasteiger partial charge in [-0.15, -0.1) is 0 Å². The zero-order valence-electron chi connectivity index (χ0n) is 15.3. The molecule has 1 aromatic carbocycles. The van der Waals surface area contributed by atoms with Crippen molar-refractivity contribution in [2.45, 2.75) is 31.7 Å². The van der Waals surface area contributed by atoms with Gasteiger partial charge in [0.05, 0.1) is 5.97 Å². The van der Waals surface area contributed by atoms with Crippen molar-refractivity contribution >= 4 is 29.9 Å². The lowest BCUT2D eigenvalue weighted by Gasteiger charge is -2.30. The molecule has 1 aliphatic heterocycles. The third-order valence-corrected chi connectivity index (χ3v) is 5.15. The molecule has 1 N–H and O–H groups in total. The predicted octanol–water partition coefficient (Wildman–Crippen LogP) is 1.71. The largest absolute Gasteiger partial charge is 0.545 e. The highest BCUT2D eigenvalue weighted by Crippen LogP contribution is 2.29. The maximum absolute atomic E-state index is 12.8. The number of carboxylic acid groups (broad SMARTS) is 1. The number of aromatic carboxylic acids is 1. The van der Waals surface area contributed by atoms with E-state index in [9.17, 15) is 24.3 Å². The molecule has 4 amide bonds. The molecule has 0 spiro atoms. The summed E-state index contributed by atoms with van der Waals surface area (Å²) in [6.07, 6.45) is 4.54. The van der Waals surface area contributed by atoms with E-state index in [1.54, 1.807) is 24.3 Å². The number of furan rings is 1. The number of hydrogen-bond acceptors (Lipinski definition) is 6. The zero-order chi connectivity index (χ0) is 20.5. The average Bonchev–Trinajstić information content (AvgIpc) is 3.37. The van der Waals surface area contributed by atoms with Gasteiger partial charge in [-0.2, -0.15) is 0 Å². The number of nitrogens with zero attached hydrogens (tertiary/aromatic N) is 1. The lowest BCUT2D eigenvalue weighted by atomic mass is 10.1. The van der Waals surface area contributed by atoms with Gasteiger partial charge in [-0.3, -0.25) is 19.8 Å². The summed E-state index contributed by atoms with van der Waals surface area (Å²) < 4.78 is 5.64. The first-order chi connectivity index (χ1) is 14.0. The fourth-order valence-electron chi connectivity index (χ4n) is 3.76. The van der Waals surface area contributed by atoms with E-state index in [2.05, 4.69) is 5.32 Å². The summed E-state index contributed by atoms with van der Waals surface area (Å²) in [6.45, 7) is 0. The molecule has 1 saturated heterocycles. The number of carbonyl (C=O) groups excluding carboxylic acids is 4. The average molecular weight is 393 g/mol. The van der Waals surface area contributed by atoms with Gasteiger partial charge in [-0.05, 0) is 31.1 Å². The normalized spacial score (nSPS) is 19.1. The van der Waals surface area contributed by atoms with Crippen molar-refractivity contribution in [3.05, 3.63) is 53.3 Å². The van der Waals surface area contributed by atoms with Crippen LogP contribution in [0.2, 0.25) is 0 Å². The van der Waals surface area contributed by atoms with E-state index in [0.717, 1.165) is 17.7 Å². The molecule has 0 radical (unpaired) electrons. The third-order valence-electron chi connectivity index (χ3n) is 5.15. The van der Waals surface area contributed by atoms with E-state index in [0.29, 0.717) is 18.4 Å². The molecule has 0 bridgehead atoms. The lowest BCUT2D eigenvalue weighted by Crippen LogP contribution is -2.57. The molecule has 148 valence electrons.